The van der Waals surface area contributed by atoms with Crippen molar-refractivity contribution in [2.75, 3.05) is 0 Å². The highest BCUT2D eigenvalue weighted by Crippen LogP contribution is 2.15. The van der Waals surface area contributed by atoms with Gasteiger partial charge in [0, 0.05) is 17.8 Å². The minimum Gasteiger partial charge on any atom is -0.238 e. The normalized spacial score (nSPS) is 13.1. The molecule has 0 amide bonds. The van der Waals surface area contributed by atoms with Crippen molar-refractivity contribution < 1.29 is 0 Å². The van der Waals surface area contributed by atoms with Crippen molar-refractivity contribution in [3.8, 4) is 0 Å². The molecule has 0 fully saturated rings. The molecule has 0 aliphatic heterocycles. The van der Waals surface area contributed by atoms with E-state index in [0.29, 0.717) is 11.8 Å². The van der Waals surface area contributed by atoms with E-state index in [0.717, 1.165) is 18.7 Å². The average Bonchev–Trinajstić information content (AvgIpc) is 2.28. The van der Waals surface area contributed by atoms with Crippen LogP contribution in [0.25, 0.3) is 0 Å². The highest BCUT2D eigenvalue weighted by molar-refractivity contribution is 5.14. The maximum absolute atomic E-state index is 4.66. The fourth-order valence-electron chi connectivity index (χ4n) is 1.60. The number of hydrogen-bond acceptors (Lipinski definition) is 2. The summed E-state index contributed by atoms with van der Waals surface area (Å²) in [5.41, 5.74) is 2.36. The van der Waals surface area contributed by atoms with Crippen LogP contribution >= 0.6 is 0 Å². The van der Waals surface area contributed by atoms with Crippen molar-refractivity contribution in [2.24, 2.45) is 5.92 Å². The van der Waals surface area contributed by atoms with E-state index in [1.807, 2.05) is 0 Å². The van der Waals surface area contributed by atoms with Crippen molar-refractivity contribution in [1.29, 1.82) is 0 Å². The lowest BCUT2D eigenvalue weighted by Crippen LogP contribution is -2.08. The summed E-state index contributed by atoms with van der Waals surface area (Å²) < 4.78 is 0. The van der Waals surface area contributed by atoms with Crippen molar-refractivity contribution in [3.05, 3.63) is 23.3 Å². The minimum absolute atomic E-state index is 0.490. The van der Waals surface area contributed by atoms with Crippen molar-refractivity contribution in [3.63, 3.8) is 0 Å². The Bertz CT molecular complexity index is 332. The molecule has 0 saturated carbocycles. The molecule has 0 aliphatic rings. The van der Waals surface area contributed by atoms with Crippen LogP contribution in [0, 0.1) is 5.92 Å². The maximum atomic E-state index is 4.66. The van der Waals surface area contributed by atoms with Crippen molar-refractivity contribution in [1.82, 2.24) is 9.97 Å². The van der Waals surface area contributed by atoms with Crippen molar-refractivity contribution in [2.45, 2.75) is 59.8 Å². The molecule has 90 valence electrons. The lowest BCUT2D eigenvalue weighted by atomic mass is 10.0. The number of nitrogens with zero attached hydrogens (tertiary/aromatic N) is 2. The van der Waals surface area contributed by atoms with E-state index in [4.69, 9.17) is 0 Å². The van der Waals surface area contributed by atoms with Crippen molar-refractivity contribution >= 4 is 0 Å². The van der Waals surface area contributed by atoms with Gasteiger partial charge in [0.25, 0.3) is 0 Å². The molecular formula is C14H24N2. The molecule has 0 saturated heterocycles. The van der Waals surface area contributed by atoms with Gasteiger partial charge in [0.05, 0.1) is 0 Å². The molecule has 2 nitrogen and oxygen atoms in total. The van der Waals surface area contributed by atoms with E-state index in [2.05, 4.69) is 50.7 Å². The number of hydrogen-bond donors (Lipinski definition) is 0. The second-order valence-corrected chi connectivity index (χ2v) is 4.93. The third-order valence-electron chi connectivity index (χ3n) is 3.03. The smallest absolute Gasteiger partial charge is 0.129 e. The quantitative estimate of drug-likeness (QED) is 0.755. The standard InChI is InChI=1S/C14H24N2/c1-6-11(5)8-14-15-12(7-2)9-13(16-14)10(3)4/h9-11H,6-8H2,1-5H3. The fraction of sp³-hybridized carbons (Fsp3) is 0.714. The highest BCUT2D eigenvalue weighted by Gasteiger charge is 2.09. The third-order valence-corrected chi connectivity index (χ3v) is 3.03. The van der Waals surface area contributed by atoms with Gasteiger partial charge in [-0.2, -0.15) is 0 Å². The molecule has 1 atom stereocenters. The summed E-state index contributed by atoms with van der Waals surface area (Å²) in [6, 6.07) is 2.14. The molecule has 2 heteroatoms. The van der Waals surface area contributed by atoms with Crippen LogP contribution in [-0.4, -0.2) is 9.97 Å². The molecule has 1 rings (SSSR count). The van der Waals surface area contributed by atoms with Crippen LogP contribution in [0.4, 0.5) is 0 Å². The average molecular weight is 220 g/mol. The zero-order valence-corrected chi connectivity index (χ0v) is 11.2. The fourth-order valence-corrected chi connectivity index (χ4v) is 1.60. The lowest BCUT2D eigenvalue weighted by molar-refractivity contribution is 0.539. The van der Waals surface area contributed by atoms with Gasteiger partial charge in [0.1, 0.15) is 5.82 Å². The molecule has 0 N–H and O–H groups in total. The van der Waals surface area contributed by atoms with E-state index in [1.54, 1.807) is 0 Å². The number of rotatable bonds is 5. The first-order valence-electron chi connectivity index (χ1n) is 6.43. The molecule has 0 spiro atoms. The Morgan fingerprint density at radius 1 is 1.12 bits per heavy atom. The minimum atomic E-state index is 0.490. The Balaban J connectivity index is 2.95. The van der Waals surface area contributed by atoms with Gasteiger partial charge in [-0.25, -0.2) is 9.97 Å². The van der Waals surface area contributed by atoms with Crippen LogP contribution in [0.3, 0.4) is 0 Å². The summed E-state index contributed by atoms with van der Waals surface area (Å²) in [7, 11) is 0. The zero-order valence-electron chi connectivity index (χ0n) is 11.2. The summed E-state index contributed by atoms with van der Waals surface area (Å²) >= 11 is 0. The van der Waals surface area contributed by atoms with E-state index in [9.17, 15) is 0 Å². The molecule has 1 unspecified atom stereocenters. The first-order chi connectivity index (χ1) is 7.56. The monoisotopic (exact) mass is 220 g/mol. The van der Waals surface area contributed by atoms with E-state index < -0.39 is 0 Å². The first-order valence-corrected chi connectivity index (χ1v) is 6.43. The second kappa shape index (κ2) is 5.97. The molecule has 0 aliphatic carbocycles. The summed E-state index contributed by atoms with van der Waals surface area (Å²) in [6.07, 6.45) is 3.19. The summed E-state index contributed by atoms with van der Waals surface area (Å²) in [5.74, 6) is 2.19. The Labute approximate surface area is 99.5 Å². The van der Waals surface area contributed by atoms with Gasteiger partial charge in [0.2, 0.25) is 0 Å². The topological polar surface area (TPSA) is 25.8 Å². The zero-order chi connectivity index (χ0) is 12.1. The predicted molar refractivity (Wildman–Crippen MR) is 68.7 cm³/mol. The molecule has 0 radical (unpaired) electrons. The van der Waals surface area contributed by atoms with E-state index in [1.165, 1.54) is 17.8 Å². The number of aromatic nitrogens is 2. The van der Waals surface area contributed by atoms with Gasteiger partial charge in [-0.1, -0.05) is 41.0 Å². The third kappa shape index (κ3) is 3.58. The number of aryl methyl sites for hydroxylation is 1. The Morgan fingerprint density at radius 2 is 1.81 bits per heavy atom. The summed E-state index contributed by atoms with van der Waals surface area (Å²) in [5, 5.41) is 0. The van der Waals surface area contributed by atoms with Gasteiger partial charge in [-0.05, 0) is 24.3 Å². The Kier molecular flexibility index (Phi) is 4.91. The molecule has 16 heavy (non-hydrogen) atoms. The van der Waals surface area contributed by atoms with Crippen LogP contribution in [-0.2, 0) is 12.8 Å². The van der Waals surface area contributed by atoms with Gasteiger partial charge >= 0.3 is 0 Å². The van der Waals surface area contributed by atoms with Crippen LogP contribution in [0.1, 0.15) is 64.2 Å². The molecule has 0 aromatic carbocycles. The first kappa shape index (κ1) is 13.1. The molecule has 1 aromatic rings. The van der Waals surface area contributed by atoms with Gasteiger partial charge in [-0.15, -0.1) is 0 Å². The Hall–Kier alpha value is -0.920. The van der Waals surface area contributed by atoms with Gasteiger partial charge in [-0.3, -0.25) is 0 Å². The Morgan fingerprint density at radius 3 is 2.31 bits per heavy atom. The summed E-state index contributed by atoms with van der Waals surface area (Å²) in [6.45, 7) is 11.0. The maximum Gasteiger partial charge on any atom is 0.129 e. The van der Waals surface area contributed by atoms with Crippen LogP contribution < -0.4 is 0 Å². The predicted octanol–water partition coefficient (Wildman–Crippen LogP) is 3.75. The largest absolute Gasteiger partial charge is 0.238 e. The highest BCUT2D eigenvalue weighted by atomic mass is 14.9. The van der Waals surface area contributed by atoms with Crippen LogP contribution in [0.15, 0.2) is 6.07 Å². The van der Waals surface area contributed by atoms with E-state index in [-0.39, 0.29) is 0 Å². The summed E-state index contributed by atoms with van der Waals surface area (Å²) in [4.78, 5) is 9.27. The van der Waals surface area contributed by atoms with Gasteiger partial charge < -0.3 is 0 Å². The SMILES string of the molecule is CCc1cc(C(C)C)nc(CC(C)CC)n1. The van der Waals surface area contributed by atoms with Crippen LogP contribution in [0.2, 0.25) is 0 Å². The molecule has 1 heterocycles. The molecule has 1 aromatic heterocycles. The van der Waals surface area contributed by atoms with Gasteiger partial charge in [0.15, 0.2) is 0 Å². The lowest BCUT2D eigenvalue weighted by Gasteiger charge is -2.12. The van der Waals surface area contributed by atoms with Crippen LogP contribution in [0.5, 0.6) is 0 Å². The molecule has 0 bridgehead atoms. The molecular weight excluding hydrogens is 196 g/mol. The second-order valence-electron chi connectivity index (χ2n) is 4.93. The van der Waals surface area contributed by atoms with E-state index >= 15 is 0 Å².